The van der Waals surface area contributed by atoms with Crippen LogP contribution in [0.15, 0.2) is 6.20 Å². The molecule has 0 N–H and O–H groups in total. The van der Waals surface area contributed by atoms with Crippen molar-refractivity contribution in [2.75, 3.05) is 36.0 Å². The molecule has 1 fully saturated rings. The maximum absolute atomic E-state index is 11.9. The Morgan fingerprint density at radius 2 is 2.06 bits per heavy atom. The molecule has 0 aromatic carbocycles. The van der Waals surface area contributed by atoms with Gasteiger partial charge in [0, 0.05) is 38.8 Å². The second-order valence-electron chi connectivity index (χ2n) is 4.85. The van der Waals surface area contributed by atoms with Crippen LogP contribution in [0.25, 0.3) is 0 Å². The summed E-state index contributed by atoms with van der Waals surface area (Å²) < 4.78 is 0. The molecule has 5 nitrogen and oxygen atoms in total. The molecule has 0 saturated carbocycles. The monoisotopic (exact) mass is 246 g/mol. The Hall–Kier alpha value is -1.65. The summed E-state index contributed by atoms with van der Waals surface area (Å²) in [5.74, 6) is 1.77. The largest absolute Gasteiger partial charge is 0.356 e. The van der Waals surface area contributed by atoms with Gasteiger partial charge in [-0.1, -0.05) is 0 Å². The topological polar surface area (TPSA) is 49.3 Å². The first kappa shape index (κ1) is 11.4. The zero-order valence-corrected chi connectivity index (χ0v) is 10.7. The molecule has 1 aromatic heterocycles. The number of Topliss-reactive ketones (excluding diaryl/α,β-unsaturated/α-hetero) is 1. The Morgan fingerprint density at radius 3 is 2.78 bits per heavy atom. The van der Waals surface area contributed by atoms with Gasteiger partial charge in [0.15, 0.2) is 5.78 Å². The summed E-state index contributed by atoms with van der Waals surface area (Å²) in [6.45, 7) is 5.81. The average Bonchev–Trinajstić information content (AvgIpc) is 2.93. The van der Waals surface area contributed by atoms with Crippen LogP contribution in [0.4, 0.5) is 11.8 Å². The molecule has 3 heterocycles. The fourth-order valence-corrected chi connectivity index (χ4v) is 2.66. The number of carbonyl (C=O) groups excluding carboxylic acids is 1. The summed E-state index contributed by atoms with van der Waals surface area (Å²) in [6, 6.07) is 0. The number of hydrogen-bond acceptors (Lipinski definition) is 5. The third-order valence-electron chi connectivity index (χ3n) is 3.74. The normalized spacial score (nSPS) is 19.3. The van der Waals surface area contributed by atoms with E-state index in [0.29, 0.717) is 12.0 Å². The Bertz CT molecular complexity index is 468. The zero-order chi connectivity index (χ0) is 12.5. The predicted molar refractivity (Wildman–Crippen MR) is 70.3 cm³/mol. The van der Waals surface area contributed by atoms with E-state index in [1.807, 2.05) is 0 Å². The van der Waals surface area contributed by atoms with Gasteiger partial charge < -0.3 is 9.80 Å². The minimum absolute atomic E-state index is 0.169. The molecule has 0 radical (unpaired) electrons. The van der Waals surface area contributed by atoms with Gasteiger partial charge in [0.2, 0.25) is 5.95 Å². The van der Waals surface area contributed by atoms with Crippen molar-refractivity contribution >= 4 is 17.5 Å². The molecule has 3 rings (SSSR count). The van der Waals surface area contributed by atoms with Gasteiger partial charge in [-0.2, -0.15) is 4.98 Å². The quantitative estimate of drug-likeness (QED) is 0.791. The second kappa shape index (κ2) is 4.55. The van der Waals surface area contributed by atoms with Crippen molar-refractivity contribution in [1.29, 1.82) is 0 Å². The molecule has 0 bridgehead atoms. The summed E-state index contributed by atoms with van der Waals surface area (Å²) in [6.07, 6.45) is 4.70. The lowest BCUT2D eigenvalue weighted by molar-refractivity contribution is 0.0979. The summed E-state index contributed by atoms with van der Waals surface area (Å²) in [4.78, 5) is 25.2. The first-order valence-electron chi connectivity index (χ1n) is 6.69. The van der Waals surface area contributed by atoms with Crippen LogP contribution in [0.2, 0.25) is 0 Å². The van der Waals surface area contributed by atoms with Gasteiger partial charge >= 0.3 is 0 Å². The van der Waals surface area contributed by atoms with Crippen molar-refractivity contribution in [1.82, 2.24) is 9.97 Å². The van der Waals surface area contributed by atoms with Crippen LogP contribution < -0.4 is 9.80 Å². The van der Waals surface area contributed by atoms with Gasteiger partial charge in [0.25, 0.3) is 0 Å². The highest BCUT2D eigenvalue weighted by molar-refractivity contribution is 6.02. The number of hydrogen-bond donors (Lipinski definition) is 0. The van der Waals surface area contributed by atoms with Gasteiger partial charge in [-0.15, -0.1) is 0 Å². The number of carbonyl (C=O) groups is 1. The van der Waals surface area contributed by atoms with Crippen LogP contribution in [-0.2, 0) is 0 Å². The molecule has 0 aliphatic carbocycles. The van der Waals surface area contributed by atoms with Crippen LogP contribution in [0.1, 0.15) is 36.5 Å². The molecule has 2 aliphatic rings. The van der Waals surface area contributed by atoms with Gasteiger partial charge in [-0.05, 0) is 19.8 Å². The van der Waals surface area contributed by atoms with Crippen molar-refractivity contribution in [3.63, 3.8) is 0 Å². The summed E-state index contributed by atoms with van der Waals surface area (Å²) >= 11 is 0. The Balaban J connectivity index is 1.98. The number of rotatable bonds is 2. The van der Waals surface area contributed by atoms with Gasteiger partial charge in [-0.25, -0.2) is 4.98 Å². The molecule has 0 atom stereocenters. The van der Waals surface area contributed by atoms with Crippen molar-refractivity contribution < 1.29 is 4.79 Å². The molecular weight excluding hydrogens is 228 g/mol. The van der Waals surface area contributed by atoms with E-state index in [9.17, 15) is 4.79 Å². The predicted octanol–water partition coefficient (Wildman–Crippen LogP) is 1.49. The Kier molecular flexibility index (Phi) is 2.89. The van der Waals surface area contributed by atoms with Crippen LogP contribution in [0.3, 0.4) is 0 Å². The molecule has 0 unspecified atom stereocenters. The van der Waals surface area contributed by atoms with Crippen LogP contribution >= 0.6 is 0 Å². The lowest BCUT2D eigenvalue weighted by Gasteiger charge is -2.29. The van der Waals surface area contributed by atoms with E-state index in [2.05, 4.69) is 26.7 Å². The van der Waals surface area contributed by atoms with E-state index >= 15 is 0 Å². The molecule has 18 heavy (non-hydrogen) atoms. The summed E-state index contributed by atoms with van der Waals surface area (Å²) in [5.41, 5.74) is 0.686. The summed E-state index contributed by atoms with van der Waals surface area (Å²) in [7, 11) is 0. The Morgan fingerprint density at radius 1 is 1.28 bits per heavy atom. The lowest BCUT2D eigenvalue weighted by Crippen LogP contribution is -2.34. The third kappa shape index (κ3) is 1.83. The van der Waals surface area contributed by atoms with E-state index in [1.54, 1.807) is 6.20 Å². The lowest BCUT2D eigenvalue weighted by atomic mass is 10.1. The average molecular weight is 246 g/mol. The number of ketones is 1. The second-order valence-corrected chi connectivity index (χ2v) is 4.85. The van der Waals surface area contributed by atoms with E-state index < -0.39 is 0 Å². The SMILES string of the molecule is CCN1CCC(=O)c2cnc(N3CCCC3)nc21. The van der Waals surface area contributed by atoms with Crippen molar-refractivity contribution in [3.05, 3.63) is 11.8 Å². The zero-order valence-electron chi connectivity index (χ0n) is 10.7. The number of fused-ring (bicyclic) bond motifs is 1. The molecular formula is C13H18N4O. The molecule has 1 aromatic rings. The van der Waals surface area contributed by atoms with Gasteiger partial charge in [-0.3, -0.25) is 4.79 Å². The highest BCUT2D eigenvalue weighted by atomic mass is 16.1. The highest BCUT2D eigenvalue weighted by Crippen LogP contribution is 2.27. The molecule has 0 spiro atoms. The van der Waals surface area contributed by atoms with Crippen molar-refractivity contribution in [2.24, 2.45) is 0 Å². The summed E-state index contributed by atoms with van der Waals surface area (Å²) in [5, 5.41) is 0. The van der Waals surface area contributed by atoms with Crippen molar-refractivity contribution in [2.45, 2.75) is 26.2 Å². The van der Waals surface area contributed by atoms with E-state index in [4.69, 9.17) is 0 Å². The van der Waals surface area contributed by atoms with Gasteiger partial charge in [0.1, 0.15) is 5.82 Å². The van der Waals surface area contributed by atoms with E-state index in [-0.39, 0.29) is 5.78 Å². The van der Waals surface area contributed by atoms with Crippen LogP contribution in [0, 0.1) is 0 Å². The first-order chi connectivity index (χ1) is 8.79. The third-order valence-corrected chi connectivity index (χ3v) is 3.74. The maximum atomic E-state index is 11.9. The molecule has 2 aliphatic heterocycles. The molecule has 0 amide bonds. The molecule has 5 heteroatoms. The first-order valence-corrected chi connectivity index (χ1v) is 6.69. The minimum atomic E-state index is 0.169. The number of nitrogens with zero attached hydrogens (tertiary/aromatic N) is 4. The standard InChI is InChI=1S/C13H18N4O/c1-2-16-8-5-11(18)10-9-14-13(15-12(10)16)17-6-3-4-7-17/h9H,2-8H2,1H3. The van der Waals surface area contributed by atoms with E-state index in [0.717, 1.165) is 37.9 Å². The van der Waals surface area contributed by atoms with Crippen LogP contribution in [0.5, 0.6) is 0 Å². The van der Waals surface area contributed by atoms with Crippen LogP contribution in [-0.4, -0.2) is 41.9 Å². The minimum Gasteiger partial charge on any atom is -0.356 e. The number of aromatic nitrogens is 2. The highest BCUT2D eigenvalue weighted by Gasteiger charge is 2.26. The molecule has 96 valence electrons. The molecule has 1 saturated heterocycles. The smallest absolute Gasteiger partial charge is 0.227 e. The van der Waals surface area contributed by atoms with Crippen molar-refractivity contribution in [3.8, 4) is 0 Å². The maximum Gasteiger partial charge on any atom is 0.227 e. The van der Waals surface area contributed by atoms with E-state index in [1.165, 1.54) is 12.8 Å². The Labute approximate surface area is 107 Å². The fraction of sp³-hybridized carbons (Fsp3) is 0.615. The van der Waals surface area contributed by atoms with Gasteiger partial charge in [0.05, 0.1) is 5.56 Å². The number of anilines is 2. The fourth-order valence-electron chi connectivity index (χ4n) is 2.66.